The van der Waals surface area contributed by atoms with Gasteiger partial charge in [0, 0.05) is 5.56 Å². The minimum absolute atomic E-state index is 0.0159. The summed E-state index contributed by atoms with van der Waals surface area (Å²) in [6.45, 7) is -3.05. The molecule has 0 aromatic heterocycles. The smallest absolute Gasteiger partial charge is 0.387 e. The number of benzene rings is 2. The van der Waals surface area contributed by atoms with E-state index < -0.39 is 18.3 Å². The maximum absolute atomic E-state index is 12.7. The second-order valence-electron chi connectivity index (χ2n) is 4.69. The zero-order chi connectivity index (χ0) is 19.3. The highest BCUT2D eigenvalue weighted by Gasteiger charge is 2.18. The molecule has 140 valence electrons. The van der Waals surface area contributed by atoms with Crippen LogP contribution in [0.15, 0.2) is 41.3 Å². The molecule has 0 spiro atoms. The summed E-state index contributed by atoms with van der Waals surface area (Å²) in [7, 11) is 1.23. The van der Waals surface area contributed by atoms with Crippen molar-refractivity contribution < 1.29 is 31.8 Å². The Bertz CT molecular complexity index is 792. The number of hydrogen-bond donors (Lipinski definition) is 1. The predicted octanol–water partition coefficient (Wildman–Crippen LogP) is 5.52. The Labute approximate surface area is 155 Å². The average molecular weight is 410 g/mol. The molecule has 2 aromatic carbocycles. The number of thioether (sulfide) groups is 1. The van der Waals surface area contributed by atoms with Crippen molar-refractivity contribution in [3.8, 4) is 11.5 Å². The van der Waals surface area contributed by atoms with Crippen LogP contribution in [0.2, 0.25) is 5.02 Å². The third-order valence-electron chi connectivity index (χ3n) is 3.06. The first-order chi connectivity index (χ1) is 12.3. The van der Waals surface area contributed by atoms with E-state index in [0.717, 1.165) is 6.07 Å². The fourth-order valence-electron chi connectivity index (χ4n) is 2.01. The number of anilines is 1. The van der Waals surface area contributed by atoms with E-state index in [-0.39, 0.29) is 44.4 Å². The van der Waals surface area contributed by atoms with Crippen molar-refractivity contribution in [2.75, 3.05) is 12.4 Å². The lowest BCUT2D eigenvalue weighted by Gasteiger charge is -2.14. The average Bonchev–Trinajstić information content (AvgIpc) is 2.57. The molecule has 0 aliphatic rings. The minimum atomic E-state index is -3.05. The molecule has 0 fully saturated rings. The first kappa shape index (κ1) is 20.2. The van der Waals surface area contributed by atoms with E-state index in [1.54, 1.807) is 0 Å². The van der Waals surface area contributed by atoms with Gasteiger partial charge in [0.25, 0.3) is 11.7 Å². The van der Waals surface area contributed by atoms with Gasteiger partial charge in [-0.2, -0.15) is 17.6 Å². The monoisotopic (exact) mass is 409 g/mol. The molecular formula is C16H12ClF4NO3S. The molecule has 0 saturated heterocycles. The first-order valence-electron chi connectivity index (χ1n) is 6.99. The van der Waals surface area contributed by atoms with Crippen LogP contribution in [-0.4, -0.2) is 25.4 Å². The predicted molar refractivity (Wildman–Crippen MR) is 90.9 cm³/mol. The van der Waals surface area contributed by atoms with Gasteiger partial charge in [0.05, 0.1) is 22.7 Å². The minimum Gasteiger partial charge on any atom is -0.493 e. The summed E-state index contributed by atoms with van der Waals surface area (Å²) in [5, 5.41) is 2.52. The highest BCUT2D eigenvalue weighted by atomic mass is 35.5. The Morgan fingerprint density at radius 1 is 1.15 bits per heavy atom. The van der Waals surface area contributed by atoms with Crippen LogP contribution in [0.5, 0.6) is 11.5 Å². The highest BCUT2D eigenvalue weighted by molar-refractivity contribution is 7.99. The Hall–Kier alpha value is -2.13. The van der Waals surface area contributed by atoms with Crippen molar-refractivity contribution in [2.24, 2.45) is 0 Å². The zero-order valence-electron chi connectivity index (χ0n) is 13.1. The largest absolute Gasteiger partial charge is 0.493 e. The summed E-state index contributed by atoms with van der Waals surface area (Å²) < 4.78 is 59.2. The van der Waals surface area contributed by atoms with Gasteiger partial charge in [0.2, 0.25) is 0 Å². The van der Waals surface area contributed by atoms with Crippen LogP contribution in [0.1, 0.15) is 10.4 Å². The van der Waals surface area contributed by atoms with Gasteiger partial charge in [0.1, 0.15) is 0 Å². The van der Waals surface area contributed by atoms with Gasteiger partial charge >= 0.3 is 6.61 Å². The van der Waals surface area contributed by atoms with Gasteiger partial charge in [-0.1, -0.05) is 29.4 Å². The maximum atomic E-state index is 12.7. The third-order valence-corrected chi connectivity index (χ3v) is 4.34. The number of rotatable bonds is 7. The van der Waals surface area contributed by atoms with E-state index in [9.17, 15) is 22.4 Å². The molecule has 4 nitrogen and oxygen atoms in total. The van der Waals surface area contributed by atoms with Gasteiger partial charge in [-0.25, -0.2) is 0 Å². The molecule has 0 atom stereocenters. The number of alkyl halides is 4. The van der Waals surface area contributed by atoms with E-state index in [4.69, 9.17) is 16.3 Å². The molecule has 0 unspecified atom stereocenters. The molecule has 0 radical (unpaired) electrons. The van der Waals surface area contributed by atoms with Gasteiger partial charge in [0.15, 0.2) is 11.5 Å². The summed E-state index contributed by atoms with van der Waals surface area (Å²) >= 11 is 6.10. The fourth-order valence-corrected chi connectivity index (χ4v) is 2.93. The molecule has 2 aromatic rings. The first-order valence-corrected chi connectivity index (χ1v) is 8.25. The molecule has 10 heteroatoms. The third kappa shape index (κ3) is 5.18. The van der Waals surface area contributed by atoms with Crippen molar-refractivity contribution in [1.82, 2.24) is 0 Å². The highest BCUT2D eigenvalue weighted by Crippen LogP contribution is 2.38. The summed E-state index contributed by atoms with van der Waals surface area (Å²) in [6.07, 6.45) is 0. The fraction of sp³-hybridized carbons (Fsp3) is 0.188. The van der Waals surface area contributed by atoms with Crippen LogP contribution in [0.25, 0.3) is 0 Å². The molecule has 1 amide bonds. The van der Waals surface area contributed by atoms with E-state index in [0.29, 0.717) is 0 Å². The van der Waals surface area contributed by atoms with Crippen LogP contribution in [0.4, 0.5) is 23.2 Å². The Morgan fingerprint density at radius 3 is 2.50 bits per heavy atom. The quantitative estimate of drug-likeness (QED) is 0.483. The number of halogens is 5. The molecule has 0 bridgehead atoms. The normalized spacial score (nSPS) is 10.9. The summed E-state index contributed by atoms with van der Waals surface area (Å²) in [6, 6.07) is 7.90. The van der Waals surface area contributed by atoms with Crippen LogP contribution < -0.4 is 14.8 Å². The summed E-state index contributed by atoms with van der Waals surface area (Å²) in [5.41, 5.74) is 0.149. The molecule has 0 heterocycles. The molecule has 0 saturated carbocycles. The number of carbonyl (C=O) groups is 1. The van der Waals surface area contributed by atoms with Crippen molar-refractivity contribution in [1.29, 1.82) is 0 Å². The molecule has 2 rings (SSSR count). The van der Waals surface area contributed by atoms with Crippen LogP contribution in [0, 0.1) is 0 Å². The molecule has 0 aliphatic carbocycles. The molecule has 26 heavy (non-hydrogen) atoms. The molecule has 1 N–H and O–H groups in total. The number of carbonyl (C=O) groups excluding carboxylic acids is 1. The Balaban J connectivity index is 2.27. The second kappa shape index (κ2) is 9.00. The van der Waals surface area contributed by atoms with Crippen molar-refractivity contribution in [3.63, 3.8) is 0 Å². The number of methoxy groups -OCH3 is 1. The zero-order valence-corrected chi connectivity index (χ0v) is 14.7. The van der Waals surface area contributed by atoms with Gasteiger partial charge < -0.3 is 14.8 Å². The summed E-state index contributed by atoms with van der Waals surface area (Å²) in [4.78, 5) is 12.4. The lowest BCUT2D eigenvalue weighted by Crippen LogP contribution is -2.13. The Kier molecular flexibility index (Phi) is 6.98. The number of hydrogen-bond acceptors (Lipinski definition) is 4. The number of nitrogens with one attached hydrogen (secondary N) is 1. The summed E-state index contributed by atoms with van der Waals surface area (Å²) in [5.74, 6) is -3.70. The van der Waals surface area contributed by atoms with E-state index >= 15 is 0 Å². The van der Waals surface area contributed by atoms with Crippen molar-refractivity contribution >= 4 is 35.0 Å². The van der Waals surface area contributed by atoms with Crippen LogP contribution in [0.3, 0.4) is 0 Å². The second-order valence-corrected chi connectivity index (χ2v) is 6.10. The SMILES string of the molecule is COc1cc(C(=O)Nc2cccc(Cl)c2SC(F)F)ccc1OC(F)F. The number of amides is 1. The van der Waals surface area contributed by atoms with E-state index in [1.165, 1.54) is 37.4 Å². The van der Waals surface area contributed by atoms with Crippen molar-refractivity contribution in [2.45, 2.75) is 17.3 Å². The van der Waals surface area contributed by atoms with Crippen molar-refractivity contribution in [3.05, 3.63) is 47.0 Å². The Morgan fingerprint density at radius 2 is 1.88 bits per heavy atom. The van der Waals surface area contributed by atoms with E-state index in [1.807, 2.05) is 0 Å². The van der Waals surface area contributed by atoms with Gasteiger partial charge in [-0.05, 0) is 30.3 Å². The lowest BCUT2D eigenvalue weighted by atomic mass is 10.2. The lowest BCUT2D eigenvalue weighted by molar-refractivity contribution is -0.0512. The topological polar surface area (TPSA) is 47.6 Å². The van der Waals surface area contributed by atoms with E-state index in [2.05, 4.69) is 10.1 Å². The van der Waals surface area contributed by atoms with Crippen LogP contribution in [-0.2, 0) is 0 Å². The molecular weight excluding hydrogens is 398 g/mol. The van der Waals surface area contributed by atoms with Gasteiger partial charge in [-0.15, -0.1) is 0 Å². The standard InChI is InChI=1S/C16H12ClF4NO3S/c1-24-12-7-8(5-6-11(12)25-15(18)19)14(23)22-10-4-2-3-9(17)13(10)26-16(20)21/h2-7,15-16H,1H3,(H,22,23). The molecule has 0 aliphatic heterocycles. The number of ether oxygens (including phenoxy) is 2. The van der Waals surface area contributed by atoms with Crippen LogP contribution >= 0.6 is 23.4 Å². The van der Waals surface area contributed by atoms with Gasteiger partial charge in [-0.3, -0.25) is 4.79 Å². The maximum Gasteiger partial charge on any atom is 0.387 e.